The van der Waals surface area contributed by atoms with E-state index in [9.17, 15) is 19.5 Å². The summed E-state index contributed by atoms with van der Waals surface area (Å²) in [7, 11) is 0. The number of amides is 2. The topological polar surface area (TPSA) is 108 Å². The van der Waals surface area contributed by atoms with Crippen LogP contribution < -0.4 is 16.0 Å². The number of rotatable bonds is 4. The van der Waals surface area contributed by atoms with Crippen LogP contribution in [0.2, 0.25) is 10.0 Å². The number of carbonyl (C=O) groups is 3. The van der Waals surface area contributed by atoms with Crippen molar-refractivity contribution in [2.75, 3.05) is 5.32 Å². The highest BCUT2D eigenvalue weighted by atomic mass is 35.5. The average Bonchev–Trinajstić information content (AvgIpc) is 3.37. The van der Waals surface area contributed by atoms with Gasteiger partial charge in [-0.3, -0.25) is 19.7 Å². The van der Waals surface area contributed by atoms with Crippen LogP contribution in [0, 0.1) is 23.6 Å². The Balaban J connectivity index is 1.37. The third-order valence-electron chi connectivity index (χ3n) is 10.8. The fourth-order valence-electron chi connectivity index (χ4n) is 8.99. The lowest BCUT2D eigenvalue weighted by atomic mass is 9.55. The maximum absolute atomic E-state index is 16.0. The summed E-state index contributed by atoms with van der Waals surface area (Å²) in [6.07, 6.45) is 5.92. The van der Waals surface area contributed by atoms with Crippen molar-refractivity contribution in [1.29, 1.82) is 0 Å². The van der Waals surface area contributed by atoms with Gasteiger partial charge in [-0.2, -0.15) is 0 Å². The van der Waals surface area contributed by atoms with Gasteiger partial charge in [0.25, 0.3) is 0 Å². The summed E-state index contributed by atoms with van der Waals surface area (Å²) in [6, 6.07) is 8.77. The average molecular weight is 601 g/mol. The molecule has 41 heavy (non-hydrogen) atoms. The van der Waals surface area contributed by atoms with E-state index in [1.165, 1.54) is 6.07 Å². The molecule has 5 fully saturated rings. The Morgan fingerprint density at radius 3 is 2.51 bits per heavy atom. The van der Waals surface area contributed by atoms with Crippen LogP contribution in [-0.4, -0.2) is 40.5 Å². The van der Waals surface area contributed by atoms with E-state index >= 15 is 4.39 Å². The highest BCUT2D eigenvalue weighted by Gasteiger charge is 2.72. The van der Waals surface area contributed by atoms with Crippen LogP contribution in [0.5, 0.6) is 0 Å². The zero-order valence-electron chi connectivity index (χ0n) is 22.4. The third kappa shape index (κ3) is 3.83. The van der Waals surface area contributed by atoms with Gasteiger partial charge in [0.2, 0.25) is 11.8 Å². The third-order valence-corrected chi connectivity index (χ3v) is 11.3. The zero-order valence-corrected chi connectivity index (χ0v) is 23.9. The number of aliphatic carboxylic acids is 1. The summed E-state index contributed by atoms with van der Waals surface area (Å²) < 4.78 is 16.0. The molecule has 5 atom stereocenters. The van der Waals surface area contributed by atoms with E-state index in [1.807, 2.05) is 6.07 Å². The van der Waals surface area contributed by atoms with Crippen LogP contribution in [0.4, 0.5) is 10.1 Å². The molecule has 6 aliphatic rings. The first-order valence-corrected chi connectivity index (χ1v) is 15.3. The quantitative estimate of drug-likeness (QED) is 0.376. The normalized spacial score (nSPS) is 34.7. The monoisotopic (exact) mass is 599 g/mol. The molecule has 10 heteroatoms. The smallest absolute Gasteiger partial charge is 0.306 e. The summed E-state index contributed by atoms with van der Waals surface area (Å²) in [5.74, 6) is -3.12. The molecular weight excluding hydrogens is 568 g/mol. The van der Waals surface area contributed by atoms with Gasteiger partial charge in [-0.05, 0) is 73.3 Å². The van der Waals surface area contributed by atoms with Gasteiger partial charge in [-0.15, -0.1) is 0 Å². The number of halogens is 3. The van der Waals surface area contributed by atoms with Crippen molar-refractivity contribution in [3.05, 3.63) is 63.4 Å². The lowest BCUT2D eigenvalue weighted by Crippen LogP contribution is -2.60. The number of hydrogen-bond donors (Lipinski definition) is 4. The van der Waals surface area contributed by atoms with Crippen LogP contribution >= 0.6 is 23.2 Å². The first kappa shape index (κ1) is 27.2. The zero-order chi connectivity index (χ0) is 28.7. The number of benzene rings is 2. The van der Waals surface area contributed by atoms with Crippen LogP contribution in [0.15, 0.2) is 36.4 Å². The molecule has 8 rings (SSSR count). The molecule has 2 heterocycles. The maximum atomic E-state index is 16.0. The lowest BCUT2D eigenvalue weighted by molar-refractivity contribution is -0.151. The number of carboxylic acid groups (broad SMARTS) is 1. The standard InChI is InChI=1S/C31H32Cl2FN3O4/c32-17-7-8-20-23(13-17)36-29(41)31(20)24(18-5-4-6-21(33)25(18)34)26(37-30(31)9-2-1-3-10-30)27(38)35-22-14-19(28(39)40)15-11-16(22)12-15/h4-8,13,15-16,19,22,24,26,37H,1-3,9-12,14H2,(H,35,38)(H,36,41)(H,39,40)/t15?,16?,19?,22?,24-,26+,31+/m0/s1. The second kappa shape index (κ2) is 9.68. The summed E-state index contributed by atoms with van der Waals surface area (Å²) in [5, 5.41) is 20.0. The Bertz CT molecular complexity index is 1460. The fraction of sp³-hybridized carbons (Fsp3) is 0.516. The number of anilines is 1. The number of fused-ring (bicyclic) bond motifs is 5. The van der Waals surface area contributed by atoms with E-state index in [-0.39, 0.29) is 40.3 Å². The summed E-state index contributed by atoms with van der Waals surface area (Å²) >= 11 is 12.6. The number of nitrogens with one attached hydrogen (secondary N) is 3. The lowest BCUT2D eigenvalue weighted by Gasteiger charge is -2.50. The highest BCUT2D eigenvalue weighted by molar-refractivity contribution is 6.31. The first-order valence-electron chi connectivity index (χ1n) is 14.5. The van der Waals surface area contributed by atoms with Crippen molar-refractivity contribution < 1.29 is 23.9 Å². The summed E-state index contributed by atoms with van der Waals surface area (Å²) in [4.78, 5) is 40.6. The maximum Gasteiger partial charge on any atom is 0.306 e. The fourth-order valence-corrected chi connectivity index (χ4v) is 9.35. The SMILES string of the molecule is O=C(O)C1CC(NC(=O)[C@@H]2NC3(CCCCC3)[C@@]3(C(=O)Nc4cc(Cl)ccc43)[C@H]2c2cccc(Cl)c2F)C2CC1C2. The minimum Gasteiger partial charge on any atom is -0.481 e. The second-order valence-corrected chi connectivity index (χ2v) is 13.5. The van der Waals surface area contributed by atoms with E-state index in [0.717, 1.165) is 32.1 Å². The second-order valence-electron chi connectivity index (χ2n) is 12.6. The van der Waals surface area contributed by atoms with E-state index in [4.69, 9.17) is 23.2 Å². The van der Waals surface area contributed by atoms with Crippen molar-refractivity contribution in [3.8, 4) is 0 Å². The van der Waals surface area contributed by atoms with E-state index in [2.05, 4.69) is 16.0 Å². The molecule has 0 radical (unpaired) electrons. The number of carboxylic acids is 1. The van der Waals surface area contributed by atoms with Gasteiger partial charge in [-0.1, -0.05) is 60.7 Å². The predicted molar refractivity (Wildman–Crippen MR) is 153 cm³/mol. The van der Waals surface area contributed by atoms with E-state index < -0.39 is 40.6 Å². The van der Waals surface area contributed by atoms with Crippen molar-refractivity contribution in [3.63, 3.8) is 0 Å². The van der Waals surface area contributed by atoms with Gasteiger partial charge in [0.05, 0.1) is 17.0 Å². The van der Waals surface area contributed by atoms with Gasteiger partial charge in [-0.25, -0.2) is 4.39 Å². The van der Waals surface area contributed by atoms with E-state index in [1.54, 1.807) is 24.3 Å². The Morgan fingerprint density at radius 2 is 1.78 bits per heavy atom. The molecule has 2 aliphatic heterocycles. The Kier molecular flexibility index (Phi) is 6.41. The van der Waals surface area contributed by atoms with Crippen molar-refractivity contribution in [2.45, 2.75) is 80.3 Å². The van der Waals surface area contributed by atoms with Crippen LogP contribution in [-0.2, 0) is 19.8 Å². The molecule has 2 bridgehead atoms. The molecule has 2 unspecified atom stereocenters. The van der Waals surface area contributed by atoms with Crippen LogP contribution in [0.3, 0.4) is 0 Å². The van der Waals surface area contributed by atoms with Gasteiger partial charge >= 0.3 is 5.97 Å². The van der Waals surface area contributed by atoms with Gasteiger partial charge in [0.15, 0.2) is 0 Å². The Hall–Kier alpha value is -2.68. The van der Waals surface area contributed by atoms with Crippen molar-refractivity contribution >= 4 is 46.7 Å². The van der Waals surface area contributed by atoms with Crippen molar-refractivity contribution in [1.82, 2.24) is 10.6 Å². The van der Waals surface area contributed by atoms with Gasteiger partial charge in [0.1, 0.15) is 11.2 Å². The van der Waals surface area contributed by atoms with Crippen molar-refractivity contribution in [2.24, 2.45) is 17.8 Å². The molecule has 4 saturated carbocycles. The Labute approximate surface area is 247 Å². The molecule has 2 spiro atoms. The largest absolute Gasteiger partial charge is 0.481 e. The molecule has 2 aromatic carbocycles. The van der Waals surface area contributed by atoms with E-state index in [0.29, 0.717) is 35.5 Å². The number of hydrogen-bond acceptors (Lipinski definition) is 4. The minimum absolute atomic E-state index is 0.0757. The molecular formula is C31H32Cl2FN3O4. The van der Waals surface area contributed by atoms with Gasteiger partial charge in [0, 0.05) is 28.2 Å². The highest BCUT2D eigenvalue weighted by Crippen LogP contribution is 2.63. The summed E-state index contributed by atoms with van der Waals surface area (Å²) in [6.45, 7) is 0. The first-order chi connectivity index (χ1) is 19.7. The number of carbonyl (C=O) groups excluding carboxylic acids is 2. The molecule has 216 valence electrons. The molecule has 2 aromatic rings. The minimum atomic E-state index is -1.29. The summed E-state index contributed by atoms with van der Waals surface area (Å²) in [5.41, 5.74) is -0.626. The van der Waals surface area contributed by atoms with Crippen LogP contribution in [0.25, 0.3) is 0 Å². The Morgan fingerprint density at radius 1 is 1.02 bits per heavy atom. The molecule has 4 aliphatic carbocycles. The molecule has 4 N–H and O–H groups in total. The van der Waals surface area contributed by atoms with Crippen LogP contribution in [0.1, 0.15) is 68.4 Å². The molecule has 1 saturated heterocycles. The molecule has 7 nitrogen and oxygen atoms in total. The van der Waals surface area contributed by atoms with Gasteiger partial charge < -0.3 is 15.7 Å². The molecule has 0 aromatic heterocycles. The molecule has 2 amide bonds. The predicted octanol–water partition coefficient (Wildman–Crippen LogP) is 5.40.